The molecule has 7 nitrogen and oxygen atoms in total. The Hall–Kier alpha value is -3.87. The highest BCUT2D eigenvalue weighted by Crippen LogP contribution is 2.38. The molecule has 0 aliphatic heterocycles. The van der Waals surface area contributed by atoms with Gasteiger partial charge in [0.1, 0.15) is 6.61 Å². The third kappa shape index (κ3) is 5.35. The predicted octanol–water partition coefficient (Wildman–Crippen LogP) is 4.61. The number of hydrazone groups is 1. The number of nitro benzene ring substituents is 1. The predicted molar refractivity (Wildman–Crippen MR) is 116 cm³/mol. The number of hydrogen-bond acceptors (Lipinski definition) is 6. The molecule has 30 heavy (non-hydrogen) atoms. The molecule has 3 aromatic rings. The van der Waals surface area contributed by atoms with Crippen molar-refractivity contribution in [3.63, 3.8) is 0 Å². The highest BCUT2D eigenvalue weighted by atomic mass is 16.6. The molecule has 0 saturated heterocycles. The monoisotopic (exact) mass is 405 g/mol. The molecule has 0 aliphatic carbocycles. The number of benzene rings is 3. The third-order valence-electron chi connectivity index (χ3n) is 4.54. The minimum Gasteiger partial charge on any atom is -0.493 e. The zero-order chi connectivity index (χ0) is 21.3. The summed E-state index contributed by atoms with van der Waals surface area (Å²) in [5.74, 6) is 0.377. The Morgan fingerprint density at radius 3 is 2.53 bits per heavy atom. The molecule has 0 aliphatic rings. The van der Waals surface area contributed by atoms with E-state index in [9.17, 15) is 10.1 Å². The molecule has 0 fully saturated rings. The molecule has 0 unspecified atom stereocenters. The molecule has 0 radical (unpaired) electrons. The summed E-state index contributed by atoms with van der Waals surface area (Å²) >= 11 is 0. The lowest BCUT2D eigenvalue weighted by Gasteiger charge is -2.13. The van der Waals surface area contributed by atoms with Gasteiger partial charge < -0.3 is 14.9 Å². The number of aryl methyl sites for hydroxylation is 1. The Morgan fingerprint density at radius 1 is 1.10 bits per heavy atom. The van der Waals surface area contributed by atoms with Crippen LogP contribution in [-0.4, -0.2) is 18.2 Å². The smallest absolute Gasteiger partial charge is 0.315 e. The summed E-state index contributed by atoms with van der Waals surface area (Å²) in [5.41, 5.74) is 6.37. The molecule has 3 aromatic carbocycles. The number of nitro groups is 1. The largest absolute Gasteiger partial charge is 0.493 e. The maximum absolute atomic E-state index is 11.6. The Balaban J connectivity index is 1.77. The molecular formula is C23H23N3O4. The van der Waals surface area contributed by atoms with Gasteiger partial charge in [0.05, 0.1) is 24.8 Å². The van der Waals surface area contributed by atoms with Crippen LogP contribution in [0.3, 0.4) is 0 Å². The molecule has 0 atom stereocenters. The highest BCUT2D eigenvalue weighted by Gasteiger charge is 2.22. The van der Waals surface area contributed by atoms with Crippen molar-refractivity contribution < 1.29 is 14.4 Å². The average molecular weight is 405 g/mol. The quantitative estimate of drug-likeness (QED) is 0.319. The van der Waals surface area contributed by atoms with Gasteiger partial charge in [0.25, 0.3) is 0 Å². The van der Waals surface area contributed by atoms with Crippen LogP contribution in [0.5, 0.6) is 11.5 Å². The van der Waals surface area contributed by atoms with E-state index in [1.807, 2.05) is 61.5 Å². The normalized spacial score (nSPS) is 10.7. The van der Waals surface area contributed by atoms with Crippen LogP contribution in [-0.2, 0) is 13.2 Å². The van der Waals surface area contributed by atoms with Gasteiger partial charge in [-0.1, -0.05) is 54.6 Å². The fourth-order valence-electron chi connectivity index (χ4n) is 2.89. The number of hydrogen-bond donors (Lipinski definition) is 1. The van der Waals surface area contributed by atoms with Crippen molar-refractivity contribution in [2.24, 2.45) is 5.10 Å². The van der Waals surface area contributed by atoms with Gasteiger partial charge in [0, 0.05) is 11.6 Å². The van der Waals surface area contributed by atoms with Gasteiger partial charge in [-0.3, -0.25) is 10.1 Å². The van der Waals surface area contributed by atoms with E-state index >= 15 is 0 Å². The number of nitrogens with zero attached hydrogens (tertiary/aromatic N) is 2. The van der Waals surface area contributed by atoms with Crippen LogP contribution in [0.1, 0.15) is 22.3 Å². The molecular weight excluding hydrogens is 382 g/mol. The number of rotatable bonds is 9. The van der Waals surface area contributed by atoms with Crippen LogP contribution < -0.4 is 14.9 Å². The SMILES string of the molecule is COc1cc(C=NNCc2ccccc2)cc([N+](=O)[O-])c1OCc1ccccc1C. The summed E-state index contributed by atoms with van der Waals surface area (Å²) in [6, 6.07) is 20.6. The molecule has 7 heteroatoms. The summed E-state index contributed by atoms with van der Waals surface area (Å²) in [7, 11) is 1.45. The second-order valence-corrected chi connectivity index (χ2v) is 6.62. The van der Waals surface area contributed by atoms with Crippen molar-refractivity contribution in [3.05, 3.63) is 99.1 Å². The standard InChI is InChI=1S/C23H23N3O4/c1-17-8-6-7-11-20(17)16-30-23-21(26(27)28)12-19(13-22(23)29-2)15-25-24-14-18-9-4-3-5-10-18/h3-13,15,24H,14,16H2,1-2H3. The number of nitrogens with one attached hydrogen (secondary N) is 1. The fourth-order valence-corrected chi connectivity index (χ4v) is 2.89. The van der Waals surface area contributed by atoms with Crippen LogP contribution in [0.25, 0.3) is 0 Å². The van der Waals surface area contributed by atoms with E-state index in [-0.39, 0.29) is 23.8 Å². The number of ether oxygens (including phenoxy) is 2. The fraction of sp³-hybridized carbons (Fsp3) is 0.174. The molecule has 0 heterocycles. The molecule has 0 aromatic heterocycles. The van der Waals surface area contributed by atoms with E-state index in [1.54, 1.807) is 6.07 Å². The van der Waals surface area contributed by atoms with Gasteiger partial charge in [0.2, 0.25) is 5.75 Å². The average Bonchev–Trinajstić information content (AvgIpc) is 2.76. The molecule has 0 saturated carbocycles. The van der Waals surface area contributed by atoms with Gasteiger partial charge in [-0.2, -0.15) is 5.10 Å². The molecule has 154 valence electrons. The van der Waals surface area contributed by atoms with E-state index < -0.39 is 4.92 Å². The van der Waals surface area contributed by atoms with Crippen molar-refractivity contribution in [1.29, 1.82) is 0 Å². The number of methoxy groups -OCH3 is 1. The van der Waals surface area contributed by atoms with Crippen LogP contribution in [0.15, 0.2) is 71.8 Å². The van der Waals surface area contributed by atoms with E-state index in [0.717, 1.165) is 16.7 Å². The van der Waals surface area contributed by atoms with Crippen LogP contribution >= 0.6 is 0 Å². The zero-order valence-corrected chi connectivity index (χ0v) is 16.9. The first-order chi connectivity index (χ1) is 14.6. The summed E-state index contributed by atoms with van der Waals surface area (Å²) < 4.78 is 11.2. The van der Waals surface area contributed by atoms with Crippen molar-refractivity contribution in [2.75, 3.05) is 7.11 Å². The topological polar surface area (TPSA) is 86.0 Å². The minimum atomic E-state index is -0.482. The second-order valence-electron chi connectivity index (χ2n) is 6.62. The maximum atomic E-state index is 11.6. The summed E-state index contributed by atoms with van der Waals surface area (Å²) in [6.07, 6.45) is 1.52. The third-order valence-corrected chi connectivity index (χ3v) is 4.54. The first-order valence-corrected chi connectivity index (χ1v) is 9.42. The van der Waals surface area contributed by atoms with Crippen molar-refractivity contribution >= 4 is 11.9 Å². The molecule has 3 rings (SSSR count). The van der Waals surface area contributed by atoms with E-state index in [0.29, 0.717) is 12.1 Å². The summed E-state index contributed by atoms with van der Waals surface area (Å²) in [5, 5.41) is 15.8. The molecule has 0 bridgehead atoms. The van der Waals surface area contributed by atoms with Crippen molar-refractivity contribution in [1.82, 2.24) is 5.43 Å². The van der Waals surface area contributed by atoms with Crippen molar-refractivity contribution in [3.8, 4) is 11.5 Å². The highest BCUT2D eigenvalue weighted by molar-refractivity contribution is 5.83. The van der Waals surface area contributed by atoms with Crippen LogP contribution in [0.2, 0.25) is 0 Å². The molecule has 0 spiro atoms. The van der Waals surface area contributed by atoms with Gasteiger partial charge in [-0.25, -0.2) is 0 Å². The Bertz CT molecular complexity index is 1040. The lowest BCUT2D eigenvalue weighted by molar-refractivity contribution is -0.386. The first kappa shape index (κ1) is 20.9. The van der Waals surface area contributed by atoms with Gasteiger partial charge in [-0.15, -0.1) is 0 Å². The zero-order valence-electron chi connectivity index (χ0n) is 16.9. The lowest BCUT2D eigenvalue weighted by atomic mass is 10.1. The summed E-state index contributed by atoms with van der Waals surface area (Å²) in [6.45, 7) is 2.72. The van der Waals surface area contributed by atoms with Crippen LogP contribution in [0.4, 0.5) is 5.69 Å². The Morgan fingerprint density at radius 2 is 1.83 bits per heavy atom. The van der Waals surface area contributed by atoms with E-state index in [2.05, 4.69) is 10.5 Å². The van der Waals surface area contributed by atoms with Crippen molar-refractivity contribution in [2.45, 2.75) is 20.1 Å². The minimum absolute atomic E-state index is 0.0974. The van der Waals surface area contributed by atoms with Gasteiger partial charge in [0.15, 0.2) is 5.75 Å². The van der Waals surface area contributed by atoms with E-state index in [4.69, 9.17) is 9.47 Å². The second kappa shape index (κ2) is 10.1. The Labute approximate surface area is 175 Å². The van der Waals surface area contributed by atoms with Gasteiger partial charge in [-0.05, 0) is 29.7 Å². The molecule has 0 amide bonds. The Kier molecular flexibility index (Phi) is 7.00. The summed E-state index contributed by atoms with van der Waals surface area (Å²) in [4.78, 5) is 11.2. The maximum Gasteiger partial charge on any atom is 0.315 e. The molecule has 1 N–H and O–H groups in total. The first-order valence-electron chi connectivity index (χ1n) is 9.42. The van der Waals surface area contributed by atoms with E-state index in [1.165, 1.54) is 19.4 Å². The van der Waals surface area contributed by atoms with Gasteiger partial charge >= 0.3 is 5.69 Å². The lowest BCUT2D eigenvalue weighted by Crippen LogP contribution is -2.06. The van der Waals surface area contributed by atoms with Crippen LogP contribution in [0, 0.1) is 17.0 Å².